The van der Waals surface area contributed by atoms with Gasteiger partial charge in [-0.2, -0.15) is 11.8 Å². The Morgan fingerprint density at radius 1 is 1.55 bits per heavy atom. The molecule has 1 heterocycles. The molecule has 1 atom stereocenters. The lowest BCUT2D eigenvalue weighted by Gasteiger charge is -2.28. The summed E-state index contributed by atoms with van der Waals surface area (Å²) in [5, 5.41) is 13.8. The standard InChI is InChI=1S/C15H20ClNO2S/c1-14(2,11-4-3-5-12(16)8-11)13(18)17-9-15(19)6-7-20-10-15/h3-5,8,19H,6-7,9-10H2,1-2H3,(H,17,18). The zero-order chi connectivity index (χ0) is 14.8. The fraction of sp³-hybridized carbons (Fsp3) is 0.533. The zero-order valence-corrected chi connectivity index (χ0v) is 13.4. The van der Waals surface area contributed by atoms with Gasteiger partial charge in [0.05, 0.1) is 11.0 Å². The molecule has 0 saturated carbocycles. The predicted molar refractivity (Wildman–Crippen MR) is 84.4 cm³/mol. The summed E-state index contributed by atoms with van der Waals surface area (Å²) in [7, 11) is 0. The summed E-state index contributed by atoms with van der Waals surface area (Å²) in [6, 6.07) is 7.33. The Morgan fingerprint density at radius 2 is 2.30 bits per heavy atom. The number of amides is 1. The molecule has 0 bridgehead atoms. The SMILES string of the molecule is CC(C)(C(=O)NCC1(O)CCSC1)c1cccc(Cl)c1. The van der Waals surface area contributed by atoms with E-state index in [1.165, 1.54) is 0 Å². The van der Waals surface area contributed by atoms with Crippen LogP contribution in [0.3, 0.4) is 0 Å². The molecule has 1 amide bonds. The molecule has 1 saturated heterocycles. The normalized spacial score (nSPS) is 22.8. The highest BCUT2D eigenvalue weighted by Crippen LogP contribution is 2.29. The summed E-state index contributed by atoms with van der Waals surface area (Å²) >= 11 is 7.70. The van der Waals surface area contributed by atoms with E-state index in [0.717, 1.165) is 17.7 Å². The van der Waals surface area contributed by atoms with E-state index >= 15 is 0 Å². The van der Waals surface area contributed by atoms with E-state index in [-0.39, 0.29) is 5.91 Å². The number of benzene rings is 1. The molecule has 1 aliphatic heterocycles. The first-order valence-electron chi connectivity index (χ1n) is 6.68. The van der Waals surface area contributed by atoms with Gasteiger partial charge < -0.3 is 10.4 Å². The van der Waals surface area contributed by atoms with E-state index in [1.54, 1.807) is 23.9 Å². The van der Waals surface area contributed by atoms with Gasteiger partial charge in [-0.3, -0.25) is 4.79 Å². The Balaban J connectivity index is 2.03. The Morgan fingerprint density at radius 3 is 2.90 bits per heavy atom. The molecule has 20 heavy (non-hydrogen) atoms. The van der Waals surface area contributed by atoms with Gasteiger partial charge in [0.2, 0.25) is 5.91 Å². The molecule has 1 aliphatic rings. The molecule has 1 aromatic rings. The van der Waals surface area contributed by atoms with E-state index in [1.807, 2.05) is 26.0 Å². The van der Waals surface area contributed by atoms with Gasteiger partial charge in [-0.05, 0) is 43.7 Å². The average Bonchev–Trinajstić information content (AvgIpc) is 2.83. The molecule has 0 radical (unpaired) electrons. The Kier molecular flexibility index (Phi) is 4.67. The molecule has 5 heteroatoms. The number of aliphatic hydroxyl groups is 1. The molecule has 2 N–H and O–H groups in total. The van der Waals surface area contributed by atoms with Crippen LogP contribution in [0.5, 0.6) is 0 Å². The molecule has 3 nitrogen and oxygen atoms in total. The number of hydrogen-bond donors (Lipinski definition) is 2. The topological polar surface area (TPSA) is 49.3 Å². The molecule has 0 aliphatic carbocycles. The number of halogens is 1. The third-order valence-electron chi connectivity index (χ3n) is 3.77. The molecule has 0 aromatic heterocycles. The van der Waals surface area contributed by atoms with Gasteiger partial charge in [0, 0.05) is 17.3 Å². The van der Waals surface area contributed by atoms with Gasteiger partial charge in [0.15, 0.2) is 0 Å². The van der Waals surface area contributed by atoms with Crippen molar-refractivity contribution in [1.82, 2.24) is 5.32 Å². The van der Waals surface area contributed by atoms with Crippen LogP contribution in [0.25, 0.3) is 0 Å². The van der Waals surface area contributed by atoms with E-state index in [0.29, 0.717) is 17.3 Å². The second-order valence-corrected chi connectivity index (χ2v) is 7.39. The first kappa shape index (κ1) is 15.7. The van der Waals surface area contributed by atoms with Crippen molar-refractivity contribution >= 4 is 29.3 Å². The van der Waals surface area contributed by atoms with Crippen molar-refractivity contribution in [3.63, 3.8) is 0 Å². The Labute approximate surface area is 129 Å². The van der Waals surface area contributed by atoms with Crippen molar-refractivity contribution in [3.05, 3.63) is 34.9 Å². The van der Waals surface area contributed by atoms with E-state index in [2.05, 4.69) is 5.32 Å². The maximum Gasteiger partial charge on any atom is 0.230 e. The van der Waals surface area contributed by atoms with Crippen LogP contribution < -0.4 is 5.32 Å². The quantitative estimate of drug-likeness (QED) is 0.898. The highest BCUT2D eigenvalue weighted by atomic mass is 35.5. The van der Waals surface area contributed by atoms with Crippen molar-refractivity contribution < 1.29 is 9.90 Å². The number of carbonyl (C=O) groups is 1. The summed E-state index contributed by atoms with van der Waals surface area (Å²) in [6.45, 7) is 4.03. The molecule has 1 unspecified atom stereocenters. The van der Waals surface area contributed by atoms with Crippen LogP contribution in [-0.4, -0.2) is 34.7 Å². The number of hydrogen-bond acceptors (Lipinski definition) is 3. The molecule has 2 rings (SSSR count). The van der Waals surface area contributed by atoms with Gasteiger partial charge in [-0.1, -0.05) is 23.7 Å². The lowest BCUT2D eigenvalue weighted by atomic mass is 9.83. The summed E-state index contributed by atoms with van der Waals surface area (Å²) < 4.78 is 0. The molecule has 110 valence electrons. The largest absolute Gasteiger partial charge is 0.387 e. The van der Waals surface area contributed by atoms with Crippen molar-refractivity contribution in [2.75, 3.05) is 18.1 Å². The van der Waals surface area contributed by atoms with Crippen LogP contribution in [0, 0.1) is 0 Å². The first-order valence-corrected chi connectivity index (χ1v) is 8.21. The summed E-state index contributed by atoms with van der Waals surface area (Å²) in [5.41, 5.74) is -0.562. The van der Waals surface area contributed by atoms with Gasteiger partial charge >= 0.3 is 0 Å². The minimum absolute atomic E-state index is 0.0925. The summed E-state index contributed by atoms with van der Waals surface area (Å²) in [5.74, 6) is 1.54. The summed E-state index contributed by atoms with van der Waals surface area (Å²) in [6.07, 6.45) is 0.732. The lowest BCUT2D eigenvalue weighted by Crippen LogP contribution is -2.48. The van der Waals surface area contributed by atoms with Crippen LogP contribution in [0.1, 0.15) is 25.8 Å². The van der Waals surface area contributed by atoms with Gasteiger partial charge in [-0.25, -0.2) is 0 Å². The van der Waals surface area contributed by atoms with Gasteiger partial charge in [0.25, 0.3) is 0 Å². The lowest BCUT2D eigenvalue weighted by molar-refractivity contribution is -0.126. The number of rotatable bonds is 4. The van der Waals surface area contributed by atoms with Crippen molar-refractivity contribution in [1.29, 1.82) is 0 Å². The minimum atomic E-state index is -0.759. The monoisotopic (exact) mass is 313 g/mol. The first-order chi connectivity index (χ1) is 9.33. The van der Waals surface area contributed by atoms with E-state index in [9.17, 15) is 9.90 Å². The maximum atomic E-state index is 12.4. The molecule has 1 fully saturated rings. The smallest absolute Gasteiger partial charge is 0.230 e. The van der Waals surface area contributed by atoms with Crippen LogP contribution >= 0.6 is 23.4 Å². The summed E-state index contributed by atoms with van der Waals surface area (Å²) in [4.78, 5) is 12.4. The number of carbonyl (C=O) groups excluding carboxylic acids is 1. The third-order valence-corrected chi connectivity index (χ3v) is 5.24. The molecular weight excluding hydrogens is 294 g/mol. The molecule has 1 aromatic carbocycles. The maximum absolute atomic E-state index is 12.4. The minimum Gasteiger partial charge on any atom is -0.387 e. The highest BCUT2D eigenvalue weighted by Gasteiger charge is 2.35. The average molecular weight is 314 g/mol. The number of nitrogens with one attached hydrogen (secondary N) is 1. The van der Waals surface area contributed by atoms with Crippen molar-refractivity contribution in [3.8, 4) is 0 Å². The second-order valence-electron chi connectivity index (χ2n) is 5.84. The van der Waals surface area contributed by atoms with Crippen LogP contribution in [-0.2, 0) is 10.2 Å². The second kappa shape index (κ2) is 5.96. The highest BCUT2D eigenvalue weighted by molar-refractivity contribution is 7.99. The van der Waals surface area contributed by atoms with E-state index < -0.39 is 11.0 Å². The van der Waals surface area contributed by atoms with Gasteiger partial charge in [0.1, 0.15) is 0 Å². The molecular formula is C15H20ClNO2S. The molecule has 0 spiro atoms. The van der Waals surface area contributed by atoms with Crippen molar-refractivity contribution in [2.45, 2.75) is 31.3 Å². The number of thioether (sulfide) groups is 1. The Bertz CT molecular complexity index is 498. The van der Waals surface area contributed by atoms with E-state index in [4.69, 9.17) is 11.6 Å². The van der Waals surface area contributed by atoms with Crippen molar-refractivity contribution in [2.24, 2.45) is 0 Å². The Hall–Kier alpha value is -0.710. The zero-order valence-electron chi connectivity index (χ0n) is 11.8. The predicted octanol–water partition coefficient (Wildman–Crippen LogP) is 2.60. The van der Waals surface area contributed by atoms with Crippen LogP contribution in [0.2, 0.25) is 5.02 Å². The fourth-order valence-corrected chi connectivity index (χ4v) is 3.70. The van der Waals surface area contributed by atoms with Crippen LogP contribution in [0.15, 0.2) is 24.3 Å². The van der Waals surface area contributed by atoms with Crippen LogP contribution in [0.4, 0.5) is 0 Å². The third kappa shape index (κ3) is 3.48. The fourth-order valence-electron chi connectivity index (χ4n) is 2.21. The van der Waals surface area contributed by atoms with Gasteiger partial charge in [-0.15, -0.1) is 0 Å².